The van der Waals surface area contributed by atoms with Crippen LogP contribution < -0.4 is 5.73 Å². The van der Waals surface area contributed by atoms with Gasteiger partial charge in [0.2, 0.25) is 0 Å². The minimum atomic E-state index is -0.570. The maximum absolute atomic E-state index is 12.1. The van der Waals surface area contributed by atoms with Gasteiger partial charge in [-0.3, -0.25) is 4.79 Å². The molecule has 0 spiro atoms. The summed E-state index contributed by atoms with van der Waals surface area (Å²) in [6, 6.07) is 7.87. The third-order valence-electron chi connectivity index (χ3n) is 3.54. The summed E-state index contributed by atoms with van der Waals surface area (Å²) in [5.41, 5.74) is 7.47. The fourth-order valence-electron chi connectivity index (χ4n) is 2.09. The second kappa shape index (κ2) is 4.02. The number of Topliss-reactive ketones (excluding diaryl/α,β-unsaturated/α-hetero) is 1. The standard InChI is InChI=1S/C14H19NO/c1-10(2)11-4-6-12(7-5-11)13(16)14(15)8-3-9-14/h4-7,10H,3,8-9,15H2,1-2H3. The minimum Gasteiger partial charge on any atom is -0.319 e. The van der Waals surface area contributed by atoms with E-state index in [1.165, 1.54) is 5.56 Å². The molecular formula is C14H19NO. The van der Waals surface area contributed by atoms with Gasteiger partial charge >= 0.3 is 0 Å². The molecule has 0 aromatic heterocycles. The van der Waals surface area contributed by atoms with Crippen LogP contribution in [0.15, 0.2) is 24.3 Å². The van der Waals surface area contributed by atoms with Gasteiger partial charge in [0.05, 0.1) is 5.54 Å². The predicted molar refractivity (Wildman–Crippen MR) is 65.6 cm³/mol. The third-order valence-corrected chi connectivity index (χ3v) is 3.54. The van der Waals surface area contributed by atoms with Gasteiger partial charge in [-0.05, 0) is 30.7 Å². The van der Waals surface area contributed by atoms with Gasteiger partial charge in [0, 0.05) is 5.56 Å². The first-order valence-corrected chi connectivity index (χ1v) is 5.96. The van der Waals surface area contributed by atoms with E-state index in [9.17, 15) is 4.79 Å². The van der Waals surface area contributed by atoms with Gasteiger partial charge in [0.1, 0.15) is 0 Å². The molecule has 0 heterocycles. The van der Waals surface area contributed by atoms with E-state index in [0.29, 0.717) is 5.92 Å². The van der Waals surface area contributed by atoms with Gasteiger partial charge in [-0.15, -0.1) is 0 Å². The second-order valence-corrected chi connectivity index (χ2v) is 5.12. The fourth-order valence-corrected chi connectivity index (χ4v) is 2.09. The van der Waals surface area contributed by atoms with Crippen molar-refractivity contribution in [1.29, 1.82) is 0 Å². The molecule has 2 heteroatoms. The Balaban J connectivity index is 2.18. The Kier molecular flexibility index (Phi) is 2.85. The van der Waals surface area contributed by atoms with Crippen molar-refractivity contribution in [1.82, 2.24) is 0 Å². The van der Waals surface area contributed by atoms with Crippen molar-refractivity contribution in [2.24, 2.45) is 5.73 Å². The highest BCUT2D eigenvalue weighted by Crippen LogP contribution is 2.32. The summed E-state index contributed by atoms with van der Waals surface area (Å²) < 4.78 is 0. The number of nitrogens with two attached hydrogens (primary N) is 1. The molecule has 2 rings (SSSR count). The van der Waals surface area contributed by atoms with Gasteiger partial charge in [0.15, 0.2) is 5.78 Å². The van der Waals surface area contributed by atoms with Crippen molar-refractivity contribution in [3.05, 3.63) is 35.4 Å². The highest BCUT2D eigenvalue weighted by molar-refractivity contribution is 6.03. The molecular weight excluding hydrogens is 198 g/mol. The van der Waals surface area contributed by atoms with Crippen LogP contribution in [0.3, 0.4) is 0 Å². The number of carbonyl (C=O) groups excluding carboxylic acids is 1. The van der Waals surface area contributed by atoms with Crippen molar-refractivity contribution < 1.29 is 4.79 Å². The zero-order chi connectivity index (χ0) is 11.8. The molecule has 0 saturated heterocycles. The summed E-state index contributed by atoms with van der Waals surface area (Å²) in [6.07, 6.45) is 2.74. The monoisotopic (exact) mass is 217 g/mol. The van der Waals surface area contributed by atoms with Crippen molar-refractivity contribution in [3.63, 3.8) is 0 Å². The van der Waals surface area contributed by atoms with Crippen molar-refractivity contribution in [2.75, 3.05) is 0 Å². The van der Waals surface area contributed by atoms with E-state index >= 15 is 0 Å². The number of ketones is 1. The van der Waals surface area contributed by atoms with Crippen LogP contribution in [0.2, 0.25) is 0 Å². The molecule has 1 aliphatic rings. The van der Waals surface area contributed by atoms with Crippen LogP contribution in [0, 0.1) is 0 Å². The number of benzene rings is 1. The molecule has 2 N–H and O–H groups in total. The smallest absolute Gasteiger partial charge is 0.182 e. The maximum atomic E-state index is 12.1. The first-order valence-electron chi connectivity index (χ1n) is 5.96. The fraction of sp³-hybridized carbons (Fsp3) is 0.500. The molecule has 0 aliphatic heterocycles. The van der Waals surface area contributed by atoms with Crippen LogP contribution >= 0.6 is 0 Å². The summed E-state index contributed by atoms with van der Waals surface area (Å²) in [5.74, 6) is 0.605. The molecule has 0 atom stereocenters. The van der Waals surface area contributed by atoms with E-state index in [1.54, 1.807) is 0 Å². The van der Waals surface area contributed by atoms with Crippen molar-refractivity contribution >= 4 is 5.78 Å². The van der Waals surface area contributed by atoms with Crippen LogP contribution in [0.5, 0.6) is 0 Å². The molecule has 1 saturated carbocycles. The number of carbonyl (C=O) groups is 1. The lowest BCUT2D eigenvalue weighted by molar-refractivity contribution is 0.0800. The summed E-state index contributed by atoms with van der Waals surface area (Å²) >= 11 is 0. The Morgan fingerprint density at radius 2 is 1.81 bits per heavy atom. The van der Waals surface area contributed by atoms with Gasteiger partial charge < -0.3 is 5.73 Å². The van der Waals surface area contributed by atoms with Crippen LogP contribution in [0.25, 0.3) is 0 Å². The molecule has 1 aromatic carbocycles. The summed E-state index contributed by atoms with van der Waals surface area (Å²) in [6.45, 7) is 4.29. The molecule has 16 heavy (non-hydrogen) atoms. The molecule has 0 amide bonds. The Morgan fingerprint density at radius 1 is 1.25 bits per heavy atom. The zero-order valence-electron chi connectivity index (χ0n) is 9.99. The van der Waals surface area contributed by atoms with E-state index in [-0.39, 0.29) is 5.78 Å². The summed E-state index contributed by atoms with van der Waals surface area (Å²) in [4.78, 5) is 12.1. The van der Waals surface area contributed by atoms with Crippen LogP contribution in [-0.4, -0.2) is 11.3 Å². The SMILES string of the molecule is CC(C)c1ccc(C(=O)C2(N)CCC2)cc1. The molecule has 0 radical (unpaired) electrons. The van der Waals surface area contributed by atoms with Crippen LogP contribution in [0.4, 0.5) is 0 Å². The number of rotatable bonds is 3. The van der Waals surface area contributed by atoms with Gasteiger partial charge in [0.25, 0.3) is 0 Å². The summed E-state index contributed by atoms with van der Waals surface area (Å²) in [7, 11) is 0. The number of hydrogen-bond acceptors (Lipinski definition) is 2. The van der Waals surface area contributed by atoms with Gasteiger partial charge in [-0.25, -0.2) is 0 Å². The van der Waals surface area contributed by atoms with E-state index in [0.717, 1.165) is 24.8 Å². The number of hydrogen-bond donors (Lipinski definition) is 1. The van der Waals surface area contributed by atoms with E-state index in [4.69, 9.17) is 5.73 Å². The lowest BCUT2D eigenvalue weighted by Gasteiger charge is -2.36. The third kappa shape index (κ3) is 1.90. The second-order valence-electron chi connectivity index (χ2n) is 5.12. The normalized spacial score (nSPS) is 18.2. The molecule has 0 unspecified atom stereocenters. The van der Waals surface area contributed by atoms with Crippen molar-refractivity contribution in [2.45, 2.75) is 44.6 Å². The first kappa shape index (κ1) is 11.3. The quantitative estimate of drug-likeness (QED) is 0.791. The maximum Gasteiger partial charge on any atom is 0.182 e. The highest BCUT2D eigenvalue weighted by atomic mass is 16.1. The van der Waals surface area contributed by atoms with Crippen molar-refractivity contribution in [3.8, 4) is 0 Å². The average molecular weight is 217 g/mol. The van der Waals surface area contributed by atoms with E-state index in [2.05, 4.69) is 13.8 Å². The van der Waals surface area contributed by atoms with E-state index in [1.807, 2.05) is 24.3 Å². The molecule has 0 bridgehead atoms. The molecule has 1 aliphatic carbocycles. The highest BCUT2D eigenvalue weighted by Gasteiger charge is 2.40. The molecule has 1 aromatic rings. The topological polar surface area (TPSA) is 43.1 Å². The Labute approximate surface area is 96.8 Å². The average Bonchev–Trinajstić information content (AvgIpc) is 2.25. The lowest BCUT2D eigenvalue weighted by Crippen LogP contribution is -2.53. The Bertz CT molecular complexity index is 388. The zero-order valence-corrected chi connectivity index (χ0v) is 9.99. The van der Waals surface area contributed by atoms with Crippen LogP contribution in [0.1, 0.15) is 54.9 Å². The predicted octanol–water partition coefficient (Wildman–Crippen LogP) is 2.87. The largest absolute Gasteiger partial charge is 0.319 e. The lowest BCUT2D eigenvalue weighted by atomic mass is 9.72. The first-order chi connectivity index (χ1) is 7.53. The molecule has 1 fully saturated rings. The minimum absolute atomic E-state index is 0.106. The molecule has 86 valence electrons. The van der Waals surface area contributed by atoms with E-state index < -0.39 is 5.54 Å². The Morgan fingerprint density at radius 3 is 2.19 bits per heavy atom. The summed E-state index contributed by atoms with van der Waals surface area (Å²) in [5, 5.41) is 0. The Hall–Kier alpha value is -1.15. The van der Waals surface area contributed by atoms with Gasteiger partial charge in [-0.2, -0.15) is 0 Å². The molecule has 2 nitrogen and oxygen atoms in total. The van der Waals surface area contributed by atoms with Crippen LogP contribution in [-0.2, 0) is 0 Å². The van der Waals surface area contributed by atoms with Gasteiger partial charge in [-0.1, -0.05) is 38.1 Å².